The van der Waals surface area contributed by atoms with Crippen molar-refractivity contribution in [1.82, 2.24) is 4.98 Å². The molecule has 0 fully saturated rings. The highest BCUT2D eigenvalue weighted by atomic mass is 32.2. The molecule has 154 valence electrons. The first-order chi connectivity index (χ1) is 13.6. The van der Waals surface area contributed by atoms with Crippen LogP contribution in [0.25, 0.3) is 11.1 Å². The van der Waals surface area contributed by atoms with E-state index in [1.54, 1.807) is 13.0 Å². The lowest BCUT2D eigenvalue weighted by Gasteiger charge is -2.24. The van der Waals surface area contributed by atoms with Crippen molar-refractivity contribution < 1.29 is 26.0 Å². The van der Waals surface area contributed by atoms with Gasteiger partial charge >= 0.3 is 5.51 Å². The van der Waals surface area contributed by atoms with E-state index in [-0.39, 0.29) is 33.8 Å². The Morgan fingerprint density at radius 1 is 1.24 bits per heavy atom. The van der Waals surface area contributed by atoms with E-state index in [0.29, 0.717) is 17.7 Å². The Balaban J connectivity index is 1.77. The molecule has 0 aliphatic carbocycles. The number of nitrogens with zero attached hydrogens (tertiary/aromatic N) is 2. The minimum Gasteiger partial charge on any atom is -0.438 e. The summed E-state index contributed by atoms with van der Waals surface area (Å²) < 4.78 is 70.6. The normalized spacial score (nSPS) is 17.1. The number of hydrogen-bond acceptors (Lipinski definition) is 5. The van der Waals surface area contributed by atoms with Gasteiger partial charge in [-0.2, -0.15) is 13.2 Å². The summed E-state index contributed by atoms with van der Waals surface area (Å²) in [5, 5.41) is 0. The van der Waals surface area contributed by atoms with Crippen molar-refractivity contribution in [2.75, 3.05) is 10.1 Å². The molecule has 0 bridgehead atoms. The summed E-state index contributed by atoms with van der Waals surface area (Å²) in [6.45, 7) is 3.48. The predicted octanol–water partition coefficient (Wildman–Crippen LogP) is 5.20. The summed E-state index contributed by atoms with van der Waals surface area (Å²) in [6, 6.07) is 8.88. The molecule has 0 saturated carbocycles. The van der Waals surface area contributed by atoms with Crippen LogP contribution in [0.3, 0.4) is 0 Å². The molecule has 0 N–H and O–H groups in total. The molecule has 1 unspecified atom stereocenters. The highest BCUT2D eigenvalue weighted by Crippen LogP contribution is 2.44. The Morgan fingerprint density at radius 2 is 2.00 bits per heavy atom. The molecule has 2 aromatic carbocycles. The number of thioether (sulfide) groups is 1. The van der Waals surface area contributed by atoms with E-state index in [0.717, 1.165) is 11.1 Å². The SMILES string of the molecule is CCS(=O)(=O)N1c2ccc(C)cc2CC1c1nc2cc(SC(F)(F)F)ccc2o1. The van der Waals surface area contributed by atoms with Crippen molar-refractivity contribution in [3.63, 3.8) is 0 Å². The van der Waals surface area contributed by atoms with E-state index >= 15 is 0 Å². The highest BCUT2D eigenvalue weighted by molar-refractivity contribution is 8.00. The molecular formula is C19H17F3N2O3S2. The van der Waals surface area contributed by atoms with Gasteiger partial charge < -0.3 is 4.42 Å². The van der Waals surface area contributed by atoms with Crippen molar-refractivity contribution in [3.05, 3.63) is 53.4 Å². The summed E-state index contributed by atoms with van der Waals surface area (Å²) in [7, 11) is -3.61. The van der Waals surface area contributed by atoms with Crippen LogP contribution in [-0.4, -0.2) is 24.7 Å². The standard InChI is InChI=1S/C19H17F3N2O3S2/c1-3-29(25,26)24-15-6-4-11(2)8-12(15)9-16(24)18-23-14-10-13(28-19(20,21)22)5-7-17(14)27-18/h4-8,10,16H,3,9H2,1-2H3. The summed E-state index contributed by atoms with van der Waals surface area (Å²) >= 11 is -0.231. The molecule has 1 aliphatic heterocycles. The molecule has 0 radical (unpaired) electrons. The molecular weight excluding hydrogens is 425 g/mol. The maximum atomic E-state index is 12.8. The molecule has 1 aliphatic rings. The van der Waals surface area contributed by atoms with Gasteiger partial charge in [-0.05, 0) is 55.4 Å². The van der Waals surface area contributed by atoms with Crippen LogP contribution < -0.4 is 4.31 Å². The van der Waals surface area contributed by atoms with Gasteiger partial charge in [0.05, 0.1) is 11.4 Å². The Bertz CT molecular complexity index is 1190. The second-order valence-corrected chi connectivity index (χ2v) is 10.1. The minimum absolute atomic E-state index is 0.00628. The summed E-state index contributed by atoms with van der Waals surface area (Å²) in [6.07, 6.45) is 0.382. The molecule has 5 nitrogen and oxygen atoms in total. The van der Waals surface area contributed by atoms with Gasteiger partial charge in [-0.1, -0.05) is 17.7 Å². The number of halogens is 3. The second-order valence-electron chi connectivity index (χ2n) is 6.78. The lowest BCUT2D eigenvalue weighted by Crippen LogP contribution is -2.33. The van der Waals surface area contributed by atoms with Crippen LogP contribution in [0.15, 0.2) is 45.7 Å². The molecule has 1 aromatic heterocycles. The maximum Gasteiger partial charge on any atom is 0.446 e. The van der Waals surface area contributed by atoms with Gasteiger partial charge in [-0.15, -0.1) is 0 Å². The van der Waals surface area contributed by atoms with E-state index in [4.69, 9.17) is 4.42 Å². The molecule has 3 aromatic rings. The van der Waals surface area contributed by atoms with Crippen LogP contribution in [0.2, 0.25) is 0 Å². The zero-order chi connectivity index (χ0) is 21.0. The second kappa shape index (κ2) is 6.94. The van der Waals surface area contributed by atoms with E-state index in [1.165, 1.54) is 22.5 Å². The van der Waals surface area contributed by atoms with Crippen LogP contribution in [0.1, 0.15) is 30.0 Å². The Labute approximate surface area is 170 Å². The van der Waals surface area contributed by atoms with Gasteiger partial charge in [0.1, 0.15) is 11.6 Å². The van der Waals surface area contributed by atoms with Crippen molar-refractivity contribution in [3.8, 4) is 0 Å². The average molecular weight is 442 g/mol. The van der Waals surface area contributed by atoms with Gasteiger partial charge in [0.25, 0.3) is 0 Å². The third-order valence-corrected chi connectivity index (χ3v) is 7.23. The third-order valence-electron chi connectivity index (χ3n) is 4.73. The Hall–Kier alpha value is -2.20. The Morgan fingerprint density at radius 3 is 2.69 bits per heavy atom. The number of benzene rings is 2. The van der Waals surface area contributed by atoms with Crippen molar-refractivity contribution >= 4 is 38.6 Å². The topological polar surface area (TPSA) is 63.4 Å². The third kappa shape index (κ3) is 3.83. The Kier molecular flexibility index (Phi) is 4.81. The van der Waals surface area contributed by atoms with Crippen LogP contribution in [0.4, 0.5) is 18.9 Å². The van der Waals surface area contributed by atoms with Crippen LogP contribution in [-0.2, 0) is 16.4 Å². The number of rotatable bonds is 4. The lowest BCUT2D eigenvalue weighted by molar-refractivity contribution is -0.0328. The first kappa shape index (κ1) is 20.1. The number of fused-ring (bicyclic) bond motifs is 2. The zero-order valence-electron chi connectivity index (χ0n) is 15.5. The molecule has 0 saturated heterocycles. The first-order valence-corrected chi connectivity index (χ1v) is 11.3. The largest absolute Gasteiger partial charge is 0.446 e. The molecule has 2 heterocycles. The number of aryl methyl sites for hydroxylation is 1. The van der Waals surface area contributed by atoms with Crippen LogP contribution in [0, 0.1) is 6.92 Å². The molecule has 10 heteroatoms. The van der Waals surface area contributed by atoms with Crippen molar-refractivity contribution in [1.29, 1.82) is 0 Å². The van der Waals surface area contributed by atoms with E-state index in [9.17, 15) is 21.6 Å². The average Bonchev–Trinajstić information content (AvgIpc) is 3.20. The number of sulfonamides is 1. The fraction of sp³-hybridized carbons (Fsp3) is 0.316. The van der Waals surface area contributed by atoms with E-state index in [1.807, 2.05) is 19.1 Å². The predicted molar refractivity (Wildman–Crippen MR) is 105 cm³/mol. The van der Waals surface area contributed by atoms with Crippen LogP contribution in [0.5, 0.6) is 0 Å². The van der Waals surface area contributed by atoms with Crippen molar-refractivity contribution in [2.24, 2.45) is 0 Å². The molecule has 0 spiro atoms. The fourth-order valence-electron chi connectivity index (χ4n) is 3.49. The molecule has 0 amide bonds. The number of oxazole rings is 1. The summed E-state index contributed by atoms with van der Waals surface area (Å²) in [4.78, 5) is 4.33. The van der Waals surface area contributed by atoms with Crippen LogP contribution >= 0.6 is 11.8 Å². The van der Waals surface area contributed by atoms with Crippen molar-refractivity contribution in [2.45, 2.75) is 36.7 Å². The van der Waals surface area contributed by atoms with E-state index in [2.05, 4.69) is 4.98 Å². The number of anilines is 1. The maximum absolute atomic E-state index is 12.8. The van der Waals surface area contributed by atoms with Gasteiger partial charge in [0.2, 0.25) is 15.9 Å². The van der Waals surface area contributed by atoms with Gasteiger partial charge in [0.15, 0.2) is 5.58 Å². The zero-order valence-corrected chi connectivity index (χ0v) is 17.2. The number of aromatic nitrogens is 1. The highest BCUT2D eigenvalue weighted by Gasteiger charge is 2.40. The quantitative estimate of drug-likeness (QED) is 0.520. The van der Waals surface area contributed by atoms with Gasteiger partial charge in [-0.25, -0.2) is 13.4 Å². The first-order valence-electron chi connectivity index (χ1n) is 8.85. The number of hydrogen-bond donors (Lipinski definition) is 0. The summed E-state index contributed by atoms with van der Waals surface area (Å²) in [5.74, 6) is 0.0729. The van der Waals surface area contributed by atoms with Gasteiger partial charge in [-0.3, -0.25) is 4.31 Å². The molecule has 4 rings (SSSR count). The number of alkyl halides is 3. The van der Waals surface area contributed by atoms with E-state index < -0.39 is 21.6 Å². The minimum atomic E-state index is -4.41. The molecule has 29 heavy (non-hydrogen) atoms. The smallest absolute Gasteiger partial charge is 0.438 e. The lowest BCUT2D eigenvalue weighted by atomic mass is 10.1. The van der Waals surface area contributed by atoms with Gasteiger partial charge in [0, 0.05) is 11.3 Å². The summed E-state index contributed by atoms with van der Waals surface area (Å²) in [5.41, 5.74) is -1.38. The fourth-order valence-corrected chi connectivity index (χ4v) is 5.37. The molecule has 1 atom stereocenters. The monoisotopic (exact) mass is 442 g/mol.